The molecule has 0 aliphatic rings. The van der Waals surface area contributed by atoms with Gasteiger partial charge < -0.3 is 10.4 Å². The molecule has 7 heteroatoms. The Morgan fingerprint density at radius 1 is 1.50 bits per heavy atom. The fourth-order valence-corrected chi connectivity index (χ4v) is 1.90. The fraction of sp³-hybridized carbons (Fsp3) is 0.308. The van der Waals surface area contributed by atoms with Gasteiger partial charge in [0, 0.05) is 29.9 Å². The first kappa shape index (κ1) is 14.5. The van der Waals surface area contributed by atoms with E-state index in [1.165, 1.54) is 4.68 Å². The van der Waals surface area contributed by atoms with E-state index in [0.717, 1.165) is 5.56 Å². The second-order valence-corrected chi connectivity index (χ2v) is 4.75. The summed E-state index contributed by atoms with van der Waals surface area (Å²) in [4.78, 5) is 11.9. The van der Waals surface area contributed by atoms with Crippen molar-refractivity contribution >= 4 is 23.2 Å². The van der Waals surface area contributed by atoms with Crippen LogP contribution in [-0.4, -0.2) is 32.6 Å². The van der Waals surface area contributed by atoms with Gasteiger partial charge in [0.05, 0.1) is 5.69 Å². The number of carbonyl (C=O) groups is 1. The Kier molecular flexibility index (Phi) is 4.70. The molecule has 0 aliphatic heterocycles. The smallest absolute Gasteiger partial charge is 0.246 e. The van der Waals surface area contributed by atoms with Gasteiger partial charge in [-0.1, -0.05) is 22.9 Å². The van der Waals surface area contributed by atoms with Gasteiger partial charge in [-0.2, -0.15) is 0 Å². The second-order valence-electron chi connectivity index (χ2n) is 4.34. The maximum Gasteiger partial charge on any atom is 0.246 e. The third-order valence-electron chi connectivity index (χ3n) is 2.80. The van der Waals surface area contributed by atoms with Crippen molar-refractivity contribution in [2.24, 2.45) is 0 Å². The molecular formula is C13H15ClN4O2. The Balaban J connectivity index is 1.99. The van der Waals surface area contributed by atoms with E-state index in [2.05, 4.69) is 15.6 Å². The van der Waals surface area contributed by atoms with Crippen LogP contribution in [0.1, 0.15) is 11.3 Å². The zero-order chi connectivity index (χ0) is 14.5. The molecule has 1 heterocycles. The minimum Gasteiger partial charge on any atom is -0.396 e. The van der Waals surface area contributed by atoms with Gasteiger partial charge in [0.15, 0.2) is 0 Å². The monoisotopic (exact) mass is 294 g/mol. The molecule has 0 aliphatic carbocycles. The van der Waals surface area contributed by atoms with Crippen molar-refractivity contribution in [3.05, 3.63) is 40.7 Å². The average Bonchev–Trinajstić information content (AvgIpc) is 2.83. The molecule has 0 fully saturated rings. The topological polar surface area (TPSA) is 80.0 Å². The second kappa shape index (κ2) is 6.49. The van der Waals surface area contributed by atoms with Crippen molar-refractivity contribution in [3.63, 3.8) is 0 Å². The summed E-state index contributed by atoms with van der Waals surface area (Å²) in [6, 6.07) is 5.34. The van der Waals surface area contributed by atoms with Crippen LogP contribution in [-0.2, 0) is 17.8 Å². The predicted octanol–water partition coefficient (Wildman–Crippen LogP) is 1.41. The van der Waals surface area contributed by atoms with Crippen molar-refractivity contribution in [1.82, 2.24) is 15.0 Å². The third kappa shape index (κ3) is 3.55. The molecule has 1 amide bonds. The number of halogens is 1. The maximum absolute atomic E-state index is 11.9. The Labute approximate surface area is 121 Å². The molecule has 20 heavy (non-hydrogen) atoms. The first-order chi connectivity index (χ1) is 9.60. The van der Waals surface area contributed by atoms with E-state index in [1.54, 1.807) is 24.4 Å². The molecule has 0 bridgehead atoms. The van der Waals surface area contributed by atoms with Crippen LogP contribution in [0.4, 0.5) is 5.69 Å². The Morgan fingerprint density at radius 3 is 3.05 bits per heavy atom. The molecule has 6 nitrogen and oxygen atoms in total. The molecule has 1 aromatic heterocycles. The van der Waals surface area contributed by atoms with E-state index < -0.39 is 0 Å². The highest BCUT2D eigenvalue weighted by Gasteiger charge is 2.09. The predicted molar refractivity (Wildman–Crippen MR) is 75.6 cm³/mol. The van der Waals surface area contributed by atoms with Gasteiger partial charge in [0.2, 0.25) is 5.91 Å². The van der Waals surface area contributed by atoms with Crippen LogP contribution in [0.15, 0.2) is 24.4 Å². The highest BCUT2D eigenvalue weighted by atomic mass is 35.5. The summed E-state index contributed by atoms with van der Waals surface area (Å²) in [6.45, 7) is 1.91. The van der Waals surface area contributed by atoms with Crippen LogP contribution < -0.4 is 5.32 Å². The molecule has 0 spiro atoms. The lowest BCUT2D eigenvalue weighted by molar-refractivity contribution is -0.116. The molecule has 0 unspecified atom stereocenters. The van der Waals surface area contributed by atoms with Gasteiger partial charge in [-0.05, 0) is 24.6 Å². The molecule has 2 N–H and O–H groups in total. The molecule has 0 saturated heterocycles. The van der Waals surface area contributed by atoms with E-state index in [4.69, 9.17) is 16.7 Å². The van der Waals surface area contributed by atoms with Gasteiger partial charge in [-0.3, -0.25) is 4.79 Å². The summed E-state index contributed by atoms with van der Waals surface area (Å²) in [6.07, 6.45) is 2.07. The van der Waals surface area contributed by atoms with Crippen molar-refractivity contribution in [2.75, 3.05) is 11.9 Å². The van der Waals surface area contributed by atoms with E-state index in [1.807, 2.05) is 6.92 Å². The first-order valence-corrected chi connectivity index (χ1v) is 6.53. The summed E-state index contributed by atoms with van der Waals surface area (Å²) in [5, 5.41) is 19.9. The Bertz CT molecular complexity index is 612. The maximum atomic E-state index is 11.9. The Morgan fingerprint density at radius 2 is 2.30 bits per heavy atom. The molecule has 0 radical (unpaired) electrons. The number of anilines is 1. The lowest BCUT2D eigenvalue weighted by atomic mass is 10.2. The molecule has 106 valence electrons. The van der Waals surface area contributed by atoms with Gasteiger partial charge in [0.1, 0.15) is 6.54 Å². The first-order valence-electron chi connectivity index (χ1n) is 6.15. The van der Waals surface area contributed by atoms with Crippen LogP contribution in [0.25, 0.3) is 0 Å². The number of benzene rings is 1. The van der Waals surface area contributed by atoms with E-state index in [9.17, 15) is 4.79 Å². The number of hydrogen-bond donors (Lipinski definition) is 2. The lowest BCUT2D eigenvalue weighted by Crippen LogP contribution is -2.19. The quantitative estimate of drug-likeness (QED) is 0.874. The third-order valence-corrected chi connectivity index (χ3v) is 3.21. The normalized spacial score (nSPS) is 10.6. The molecule has 2 rings (SSSR count). The fourth-order valence-electron chi connectivity index (χ4n) is 1.72. The summed E-state index contributed by atoms with van der Waals surface area (Å²) >= 11 is 5.99. The SMILES string of the molecule is Cc1c(Cl)cccc1NC(=O)Cn1cc(CCO)nn1. The number of carbonyl (C=O) groups excluding carboxylic acids is 1. The summed E-state index contributed by atoms with van der Waals surface area (Å²) in [5.41, 5.74) is 2.15. The number of nitrogens with zero attached hydrogens (tertiary/aromatic N) is 3. The molecule has 2 aromatic rings. The number of hydrogen-bond acceptors (Lipinski definition) is 4. The zero-order valence-electron chi connectivity index (χ0n) is 11.0. The average molecular weight is 295 g/mol. The number of aliphatic hydroxyl groups is 1. The van der Waals surface area contributed by atoms with Crippen LogP contribution in [0.2, 0.25) is 5.02 Å². The van der Waals surface area contributed by atoms with Crippen LogP contribution >= 0.6 is 11.6 Å². The van der Waals surface area contributed by atoms with Crippen molar-refractivity contribution in [1.29, 1.82) is 0 Å². The van der Waals surface area contributed by atoms with Gasteiger partial charge >= 0.3 is 0 Å². The molecule has 1 aromatic carbocycles. The minimum absolute atomic E-state index is 0.00655. The number of aromatic nitrogens is 3. The molecular weight excluding hydrogens is 280 g/mol. The van der Waals surface area contributed by atoms with E-state index in [-0.39, 0.29) is 19.1 Å². The highest BCUT2D eigenvalue weighted by Crippen LogP contribution is 2.22. The van der Waals surface area contributed by atoms with Crippen molar-refractivity contribution in [3.8, 4) is 0 Å². The Hall–Kier alpha value is -1.92. The number of aliphatic hydroxyl groups excluding tert-OH is 1. The summed E-state index contributed by atoms with van der Waals surface area (Å²) in [5.74, 6) is -0.212. The lowest BCUT2D eigenvalue weighted by Gasteiger charge is -2.09. The number of amides is 1. The molecule has 0 saturated carbocycles. The van der Waals surface area contributed by atoms with Crippen LogP contribution in [0.3, 0.4) is 0 Å². The van der Waals surface area contributed by atoms with Crippen LogP contribution in [0, 0.1) is 6.92 Å². The summed E-state index contributed by atoms with van der Waals surface area (Å²) in [7, 11) is 0. The van der Waals surface area contributed by atoms with Gasteiger partial charge in [-0.25, -0.2) is 4.68 Å². The van der Waals surface area contributed by atoms with Gasteiger partial charge in [-0.15, -0.1) is 5.10 Å². The van der Waals surface area contributed by atoms with Crippen molar-refractivity contribution < 1.29 is 9.90 Å². The van der Waals surface area contributed by atoms with Crippen LogP contribution in [0.5, 0.6) is 0 Å². The summed E-state index contributed by atoms with van der Waals surface area (Å²) < 4.78 is 1.43. The minimum atomic E-state index is -0.212. The van der Waals surface area contributed by atoms with Crippen molar-refractivity contribution in [2.45, 2.75) is 19.9 Å². The van der Waals surface area contributed by atoms with Gasteiger partial charge in [0.25, 0.3) is 0 Å². The number of rotatable bonds is 5. The molecule has 0 atom stereocenters. The zero-order valence-corrected chi connectivity index (χ0v) is 11.8. The van der Waals surface area contributed by atoms with E-state index in [0.29, 0.717) is 22.8 Å². The van der Waals surface area contributed by atoms with E-state index >= 15 is 0 Å². The standard InChI is InChI=1S/C13H15ClN4O2/c1-9-11(14)3-2-4-12(9)15-13(20)8-18-7-10(5-6-19)16-17-18/h2-4,7,19H,5-6,8H2,1H3,(H,15,20). The highest BCUT2D eigenvalue weighted by molar-refractivity contribution is 6.31. The largest absolute Gasteiger partial charge is 0.396 e. The number of nitrogens with one attached hydrogen (secondary N) is 1.